The molecule has 0 radical (unpaired) electrons. The summed E-state index contributed by atoms with van der Waals surface area (Å²) >= 11 is 2.07. The van der Waals surface area contributed by atoms with Crippen molar-refractivity contribution in [2.75, 3.05) is 50.5 Å². The van der Waals surface area contributed by atoms with E-state index in [2.05, 4.69) is 22.0 Å². The molecule has 1 amide bonds. The van der Waals surface area contributed by atoms with Gasteiger partial charge in [-0.25, -0.2) is 0 Å². The van der Waals surface area contributed by atoms with Gasteiger partial charge in [-0.3, -0.25) is 9.69 Å². The Kier molecular flexibility index (Phi) is 6.80. The number of aliphatic hydroxyl groups excluding tert-OH is 1. The van der Waals surface area contributed by atoms with Crippen LogP contribution in [0.1, 0.15) is 19.8 Å². The number of anilines is 1. The molecule has 1 unspecified atom stereocenters. The molecular weight excluding hydrogens is 352 g/mol. The summed E-state index contributed by atoms with van der Waals surface area (Å²) in [5, 5.41) is 13.1. The summed E-state index contributed by atoms with van der Waals surface area (Å²) < 4.78 is 11.5. The Morgan fingerprint density at radius 3 is 2.81 bits per heavy atom. The summed E-state index contributed by atoms with van der Waals surface area (Å²) in [6.45, 7) is 6.10. The number of benzene rings is 1. The molecule has 0 aliphatic carbocycles. The van der Waals surface area contributed by atoms with E-state index in [1.54, 1.807) is 24.3 Å². The molecule has 2 saturated heterocycles. The molecule has 0 saturated carbocycles. The zero-order chi connectivity index (χ0) is 18.4. The largest absolute Gasteiger partial charge is 0.491 e. The van der Waals surface area contributed by atoms with E-state index in [1.165, 1.54) is 6.92 Å². The van der Waals surface area contributed by atoms with E-state index in [0.717, 1.165) is 50.6 Å². The fourth-order valence-corrected chi connectivity index (χ4v) is 5.02. The molecule has 0 bridgehead atoms. The normalized spacial score (nSPS) is 21.3. The molecular formula is C19H28N2O4S. The van der Waals surface area contributed by atoms with Crippen molar-refractivity contribution >= 4 is 23.4 Å². The molecule has 6 nitrogen and oxygen atoms in total. The lowest BCUT2D eigenvalue weighted by molar-refractivity contribution is -0.114. The first-order valence-corrected chi connectivity index (χ1v) is 10.2. The van der Waals surface area contributed by atoms with Crippen LogP contribution >= 0.6 is 11.8 Å². The number of carbonyl (C=O) groups excluding carboxylic acids is 1. The zero-order valence-corrected chi connectivity index (χ0v) is 16.1. The minimum absolute atomic E-state index is 0.101. The summed E-state index contributed by atoms with van der Waals surface area (Å²) in [4.78, 5) is 13.4. The predicted octanol–water partition coefficient (Wildman–Crippen LogP) is 1.98. The van der Waals surface area contributed by atoms with Gasteiger partial charge in [0.2, 0.25) is 5.91 Å². The lowest BCUT2D eigenvalue weighted by atomic mass is 9.97. The summed E-state index contributed by atoms with van der Waals surface area (Å²) in [5.74, 6) is 1.70. The van der Waals surface area contributed by atoms with Crippen LogP contribution in [0, 0.1) is 0 Å². The first-order chi connectivity index (χ1) is 12.5. The third kappa shape index (κ3) is 5.61. The smallest absolute Gasteiger partial charge is 0.221 e. The van der Waals surface area contributed by atoms with E-state index in [1.807, 2.05) is 0 Å². The van der Waals surface area contributed by atoms with Gasteiger partial charge >= 0.3 is 0 Å². The highest BCUT2D eigenvalue weighted by Crippen LogP contribution is 2.39. The number of aliphatic hydroxyl groups is 1. The molecule has 1 atom stereocenters. The van der Waals surface area contributed by atoms with Crippen LogP contribution in [0.3, 0.4) is 0 Å². The molecule has 2 aliphatic heterocycles. The first-order valence-electron chi connectivity index (χ1n) is 9.17. The SMILES string of the molecule is CC(=O)Nc1ccc(OCC(O)CN2CCSC3(CCOCC3)C2)cc1. The summed E-state index contributed by atoms with van der Waals surface area (Å²) in [5.41, 5.74) is 0.734. The quantitative estimate of drug-likeness (QED) is 0.786. The molecule has 2 fully saturated rings. The lowest BCUT2D eigenvalue weighted by Crippen LogP contribution is -2.51. The van der Waals surface area contributed by atoms with Gasteiger partial charge in [-0.2, -0.15) is 11.8 Å². The van der Waals surface area contributed by atoms with Crippen molar-refractivity contribution in [2.24, 2.45) is 0 Å². The van der Waals surface area contributed by atoms with E-state index in [0.29, 0.717) is 17.0 Å². The van der Waals surface area contributed by atoms with Crippen molar-refractivity contribution in [3.8, 4) is 5.75 Å². The van der Waals surface area contributed by atoms with Crippen LogP contribution in [0.5, 0.6) is 5.75 Å². The molecule has 0 aromatic heterocycles. The monoisotopic (exact) mass is 380 g/mol. The van der Waals surface area contributed by atoms with Crippen LogP contribution in [-0.2, 0) is 9.53 Å². The Balaban J connectivity index is 1.43. The number of amides is 1. The number of hydrogen-bond acceptors (Lipinski definition) is 6. The van der Waals surface area contributed by atoms with Crippen molar-refractivity contribution < 1.29 is 19.4 Å². The second-order valence-electron chi connectivity index (χ2n) is 7.05. The molecule has 26 heavy (non-hydrogen) atoms. The van der Waals surface area contributed by atoms with Crippen LogP contribution in [0.25, 0.3) is 0 Å². The first kappa shape index (κ1) is 19.5. The minimum Gasteiger partial charge on any atom is -0.491 e. The van der Waals surface area contributed by atoms with Crippen LogP contribution in [-0.4, -0.2) is 72.0 Å². The maximum atomic E-state index is 11.0. The van der Waals surface area contributed by atoms with E-state index in [9.17, 15) is 9.90 Å². The number of ether oxygens (including phenoxy) is 2. The highest BCUT2D eigenvalue weighted by molar-refractivity contribution is 8.00. The molecule has 144 valence electrons. The second kappa shape index (κ2) is 9.08. The molecule has 2 heterocycles. The van der Waals surface area contributed by atoms with Gasteiger partial charge < -0.3 is 19.9 Å². The van der Waals surface area contributed by atoms with E-state index >= 15 is 0 Å². The maximum Gasteiger partial charge on any atom is 0.221 e. The molecule has 2 N–H and O–H groups in total. The topological polar surface area (TPSA) is 71.0 Å². The van der Waals surface area contributed by atoms with Crippen molar-refractivity contribution in [1.82, 2.24) is 4.90 Å². The molecule has 3 rings (SSSR count). The Morgan fingerprint density at radius 2 is 2.12 bits per heavy atom. The third-order valence-electron chi connectivity index (χ3n) is 4.82. The summed E-state index contributed by atoms with van der Waals surface area (Å²) in [6, 6.07) is 7.18. The van der Waals surface area contributed by atoms with Crippen molar-refractivity contribution in [2.45, 2.75) is 30.6 Å². The minimum atomic E-state index is -0.523. The number of carbonyl (C=O) groups is 1. The highest BCUT2D eigenvalue weighted by Gasteiger charge is 2.38. The van der Waals surface area contributed by atoms with E-state index in [4.69, 9.17) is 9.47 Å². The molecule has 1 aromatic rings. The van der Waals surface area contributed by atoms with Gasteiger partial charge in [-0.15, -0.1) is 0 Å². The average molecular weight is 381 g/mol. The van der Waals surface area contributed by atoms with Crippen LogP contribution < -0.4 is 10.1 Å². The number of nitrogens with one attached hydrogen (secondary N) is 1. The highest BCUT2D eigenvalue weighted by atomic mass is 32.2. The number of nitrogens with zero attached hydrogens (tertiary/aromatic N) is 1. The molecule has 2 aliphatic rings. The van der Waals surface area contributed by atoms with Gasteiger partial charge in [0.25, 0.3) is 0 Å². The van der Waals surface area contributed by atoms with Crippen molar-refractivity contribution in [3.05, 3.63) is 24.3 Å². The number of hydrogen-bond donors (Lipinski definition) is 2. The van der Waals surface area contributed by atoms with Crippen LogP contribution in [0.15, 0.2) is 24.3 Å². The Labute approximate surface area is 159 Å². The van der Waals surface area contributed by atoms with Crippen LogP contribution in [0.2, 0.25) is 0 Å². The standard InChI is InChI=1S/C19H28N2O4S/c1-15(22)20-16-2-4-18(5-3-16)25-13-17(23)12-21-8-11-26-19(14-21)6-9-24-10-7-19/h2-5,17,23H,6-14H2,1H3,(H,20,22). The average Bonchev–Trinajstić information content (AvgIpc) is 2.61. The van der Waals surface area contributed by atoms with E-state index in [-0.39, 0.29) is 12.5 Å². The van der Waals surface area contributed by atoms with Crippen molar-refractivity contribution in [1.29, 1.82) is 0 Å². The molecule has 1 aromatic carbocycles. The fraction of sp³-hybridized carbons (Fsp3) is 0.632. The van der Waals surface area contributed by atoms with Gasteiger partial charge in [-0.05, 0) is 37.1 Å². The third-order valence-corrected chi connectivity index (χ3v) is 6.35. The fourth-order valence-electron chi connectivity index (χ4n) is 3.51. The van der Waals surface area contributed by atoms with Gasteiger partial charge in [0, 0.05) is 56.0 Å². The Hall–Kier alpha value is -1.28. The number of thioether (sulfide) groups is 1. The van der Waals surface area contributed by atoms with Gasteiger partial charge in [0.05, 0.1) is 0 Å². The van der Waals surface area contributed by atoms with Gasteiger partial charge in [0.1, 0.15) is 18.5 Å². The van der Waals surface area contributed by atoms with E-state index < -0.39 is 6.10 Å². The Bertz CT molecular complexity index is 584. The summed E-state index contributed by atoms with van der Waals surface area (Å²) in [7, 11) is 0. The Morgan fingerprint density at radius 1 is 1.38 bits per heavy atom. The second-order valence-corrected chi connectivity index (χ2v) is 8.61. The number of rotatable bonds is 6. The van der Waals surface area contributed by atoms with Crippen molar-refractivity contribution in [3.63, 3.8) is 0 Å². The van der Waals surface area contributed by atoms with Gasteiger partial charge in [-0.1, -0.05) is 0 Å². The van der Waals surface area contributed by atoms with Gasteiger partial charge in [0.15, 0.2) is 0 Å². The zero-order valence-electron chi connectivity index (χ0n) is 15.3. The number of β-amino-alcohol motifs (C(OH)–C–C–N with tert-alkyl or cyclic N) is 1. The summed E-state index contributed by atoms with van der Waals surface area (Å²) in [6.07, 6.45) is 1.67. The predicted molar refractivity (Wildman–Crippen MR) is 104 cm³/mol. The molecule has 1 spiro atoms. The molecule has 7 heteroatoms. The maximum absolute atomic E-state index is 11.0. The van der Waals surface area contributed by atoms with Crippen LogP contribution in [0.4, 0.5) is 5.69 Å². The lowest BCUT2D eigenvalue weighted by Gasteiger charge is -2.44.